The summed E-state index contributed by atoms with van der Waals surface area (Å²) in [5.41, 5.74) is 10.6. The number of nitrogens with zero attached hydrogens (tertiary/aromatic N) is 1. The Balaban J connectivity index is 1.61. The summed E-state index contributed by atoms with van der Waals surface area (Å²) in [7, 11) is 0. The maximum Gasteiger partial charge on any atom is 0.250 e. The fraction of sp³-hybridized carbons (Fsp3) is 0.185. The first-order chi connectivity index (χ1) is 16.4. The van der Waals surface area contributed by atoms with Gasteiger partial charge in [-0.25, -0.2) is 4.39 Å². The largest absolute Gasteiger partial charge is 0.399 e. The lowest BCUT2D eigenvalue weighted by Crippen LogP contribution is -2.39. The summed E-state index contributed by atoms with van der Waals surface area (Å²) >= 11 is 0. The summed E-state index contributed by atoms with van der Waals surface area (Å²) in [4.78, 5) is 14.3. The average Bonchev–Trinajstić information content (AvgIpc) is 3.20. The van der Waals surface area contributed by atoms with Crippen molar-refractivity contribution < 1.29 is 13.9 Å². The highest BCUT2D eigenvalue weighted by Crippen LogP contribution is 2.24. The van der Waals surface area contributed by atoms with Crippen molar-refractivity contribution in [3.63, 3.8) is 0 Å². The van der Waals surface area contributed by atoms with Crippen molar-refractivity contribution in [1.82, 2.24) is 4.90 Å². The number of carbonyl (C=O) groups is 1. The molecule has 0 saturated carbocycles. The van der Waals surface area contributed by atoms with Crippen LogP contribution in [0.4, 0.5) is 15.8 Å². The molecule has 34 heavy (non-hydrogen) atoms. The Morgan fingerprint density at radius 2 is 1.79 bits per heavy atom. The van der Waals surface area contributed by atoms with Crippen molar-refractivity contribution in [1.29, 1.82) is 5.41 Å². The molecule has 0 bridgehead atoms. The van der Waals surface area contributed by atoms with E-state index in [0.717, 1.165) is 16.8 Å². The molecule has 3 aromatic rings. The molecule has 0 radical (unpaired) electrons. The summed E-state index contributed by atoms with van der Waals surface area (Å²) < 4.78 is 19.3. The zero-order valence-corrected chi connectivity index (χ0v) is 18.9. The van der Waals surface area contributed by atoms with Gasteiger partial charge in [-0.1, -0.05) is 29.8 Å². The van der Waals surface area contributed by atoms with E-state index >= 15 is 0 Å². The third-order valence-corrected chi connectivity index (χ3v) is 5.72. The Labute approximate surface area is 198 Å². The Hall–Kier alpha value is -3.97. The van der Waals surface area contributed by atoms with Crippen LogP contribution in [0.15, 0.2) is 84.6 Å². The smallest absolute Gasteiger partial charge is 0.250 e. The highest BCUT2D eigenvalue weighted by atomic mass is 19.1. The number of rotatable bonds is 8. The predicted molar refractivity (Wildman–Crippen MR) is 132 cm³/mol. The molecule has 1 heterocycles. The third-order valence-electron chi connectivity index (χ3n) is 5.72. The summed E-state index contributed by atoms with van der Waals surface area (Å²) in [6.45, 7) is 2.36. The van der Waals surface area contributed by atoms with Crippen LogP contribution in [0.2, 0.25) is 0 Å². The summed E-state index contributed by atoms with van der Waals surface area (Å²) in [6.07, 6.45) is 1.57. The minimum Gasteiger partial charge on any atom is -0.399 e. The fourth-order valence-electron chi connectivity index (χ4n) is 3.75. The average molecular weight is 459 g/mol. The van der Waals surface area contributed by atoms with Crippen molar-refractivity contribution >= 4 is 23.0 Å². The summed E-state index contributed by atoms with van der Waals surface area (Å²) in [6, 6.07) is 21.1. The van der Waals surface area contributed by atoms with Crippen LogP contribution in [0.5, 0.6) is 0 Å². The Bertz CT molecular complexity index is 1190. The minimum absolute atomic E-state index is 0.0645. The van der Waals surface area contributed by atoms with Gasteiger partial charge in [-0.3, -0.25) is 10.2 Å². The molecule has 1 atom stereocenters. The normalized spacial score (nSPS) is 16.1. The lowest BCUT2D eigenvalue weighted by Gasteiger charge is -2.26. The van der Waals surface area contributed by atoms with Gasteiger partial charge in [-0.05, 0) is 67.4 Å². The van der Waals surface area contributed by atoms with Gasteiger partial charge in [-0.2, -0.15) is 0 Å². The van der Waals surface area contributed by atoms with Crippen molar-refractivity contribution in [3.8, 4) is 0 Å². The number of nitrogens with two attached hydrogens (primary N) is 1. The standard InChI is InChI=1S/C27H27FN4O2/c1-18-2-12-23(13-3-18)31-16-24(26(30)20-6-8-21(28)9-7-20)27-32(25(33)17-34-27)15-14-19-4-10-22(29)11-5-19/h2-13,16,27,30-31H,14-15,17,29H2,1H3/b24-16+,30-26?. The van der Waals surface area contributed by atoms with E-state index in [1.807, 2.05) is 55.5 Å². The number of halogens is 1. The number of carbonyl (C=O) groups excluding carboxylic acids is 1. The predicted octanol–water partition coefficient (Wildman–Crippen LogP) is 4.51. The number of hydrogen-bond acceptors (Lipinski definition) is 5. The molecule has 1 saturated heterocycles. The molecule has 1 aliphatic rings. The van der Waals surface area contributed by atoms with Crippen LogP contribution >= 0.6 is 0 Å². The highest BCUT2D eigenvalue weighted by Gasteiger charge is 2.36. The number of hydrogen-bond donors (Lipinski definition) is 3. The lowest BCUT2D eigenvalue weighted by atomic mass is 10.0. The Kier molecular flexibility index (Phi) is 7.04. The molecule has 6 nitrogen and oxygen atoms in total. The maximum atomic E-state index is 13.5. The molecule has 4 N–H and O–H groups in total. The molecule has 3 aromatic carbocycles. The van der Waals surface area contributed by atoms with Crippen molar-refractivity contribution in [2.45, 2.75) is 19.6 Å². The van der Waals surface area contributed by atoms with Gasteiger partial charge in [0.1, 0.15) is 12.4 Å². The van der Waals surface area contributed by atoms with Crippen molar-refractivity contribution in [3.05, 3.63) is 107 Å². The summed E-state index contributed by atoms with van der Waals surface area (Å²) in [5.74, 6) is -0.522. The Morgan fingerprint density at radius 1 is 1.12 bits per heavy atom. The van der Waals surface area contributed by atoms with Gasteiger partial charge < -0.3 is 20.7 Å². The Morgan fingerprint density at radius 3 is 2.47 bits per heavy atom. The number of aryl methyl sites for hydroxylation is 1. The number of nitrogen functional groups attached to an aromatic ring is 1. The fourth-order valence-corrected chi connectivity index (χ4v) is 3.75. The highest BCUT2D eigenvalue weighted by molar-refractivity contribution is 6.11. The second-order valence-corrected chi connectivity index (χ2v) is 8.23. The van der Waals surface area contributed by atoms with Gasteiger partial charge in [0.05, 0.1) is 5.71 Å². The first-order valence-corrected chi connectivity index (χ1v) is 11.0. The van der Waals surface area contributed by atoms with E-state index in [0.29, 0.717) is 29.8 Å². The van der Waals surface area contributed by atoms with Gasteiger partial charge in [0, 0.05) is 35.3 Å². The molecule has 1 aliphatic heterocycles. The van der Waals surface area contributed by atoms with E-state index < -0.39 is 6.23 Å². The van der Waals surface area contributed by atoms with Gasteiger partial charge in [-0.15, -0.1) is 0 Å². The van der Waals surface area contributed by atoms with Crippen LogP contribution in [0, 0.1) is 18.2 Å². The van der Waals surface area contributed by atoms with Gasteiger partial charge in [0.2, 0.25) is 0 Å². The molecule has 0 aliphatic carbocycles. The lowest BCUT2D eigenvalue weighted by molar-refractivity contribution is -0.127. The molecular formula is C27H27FN4O2. The molecule has 1 fully saturated rings. The number of benzene rings is 3. The van der Waals surface area contributed by atoms with E-state index in [1.165, 1.54) is 12.1 Å². The van der Waals surface area contributed by atoms with Crippen molar-refractivity contribution in [2.24, 2.45) is 0 Å². The molecule has 0 aromatic heterocycles. The van der Waals surface area contributed by atoms with Crippen LogP contribution in [-0.2, 0) is 16.0 Å². The number of anilines is 2. The van der Waals surface area contributed by atoms with E-state index in [-0.39, 0.29) is 24.0 Å². The quantitative estimate of drug-likeness (QED) is 0.342. The minimum atomic E-state index is -0.739. The molecule has 0 spiro atoms. The first-order valence-electron chi connectivity index (χ1n) is 11.0. The van der Waals surface area contributed by atoms with Crippen LogP contribution < -0.4 is 11.1 Å². The van der Waals surface area contributed by atoms with E-state index in [9.17, 15) is 9.18 Å². The zero-order chi connectivity index (χ0) is 24.1. The van der Waals surface area contributed by atoms with Crippen LogP contribution in [0.1, 0.15) is 16.7 Å². The van der Waals surface area contributed by atoms with E-state index in [2.05, 4.69) is 5.32 Å². The first kappa shape index (κ1) is 23.2. The molecule has 1 amide bonds. The molecule has 4 rings (SSSR count). The molecule has 1 unspecified atom stereocenters. The van der Waals surface area contributed by atoms with Gasteiger partial charge in [0.25, 0.3) is 5.91 Å². The molecular weight excluding hydrogens is 431 g/mol. The van der Waals surface area contributed by atoms with Gasteiger partial charge in [0.15, 0.2) is 6.23 Å². The number of amides is 1. The SMILES string of the molecule is Cc1ccc(N/C=C(\C(=N)c2ccc(F)cc2)C2OCC(=O)N2CCc2ccc(N)cc2)cc1. The van der Waals surface area contributed by atoms with Crippen molar-refractivity contribution in [2.75, 3.05) is 24.2 Å². The van der Waals surface area contributed by atoms with E-state index in [1.54, 1.807) is 23.2 Å². The second kappa shape index (κ2) is 10.3. The zero-order valence-electron chi connectivity index (χ0n) is 18.9. The van der Waals surface area contributed by atoms with Crippen LogP contribution in [0.25, 0.3) is 0 Å². The number of nitrogens with one attached hydrogen (secondary N) is 2. The maximum absolute atomic E-state index is 13.5. The van der Waals surface area contributed by atoms with Crippen LogP contribution in [0.3, 0.4) is 0 Å². The van der Waals surface area contributed by atoms with Gasteiger partial charge >= 0.3 is 0 Å². The van der Waals surface area contributed by atoms with E-state index in [4.69, 9.17) is 15.9 Å². The van der Waals surface area contributed by atoms with Crippen LogP contribution in [-0.4, -0.2) is 35.9 Å². The third kappa shape index (κ3) is 5.50. The monoisotopic (exact) mass is 458 g/mol. The molecule has 174 valence electrons. The summed E-state index contributed by atoms with van der Waals surface area (Å²) in [5, 5.41) is 12.1. The second-order valence-electron chi connectivity index (χ2n) is 8.23. The topological polar surface area (TPSA) is 91.4 Å². The number of ether oxygens (including phenoxy) is 1. The molecule has 7 heteroatoms.